The highest BCUT2D eigenvalue weighted by molar-refractivity contribution is 4.47. The Labute approximate surface area is 38.0 Å². The predicted molar refractivity (Wildman–Crippen MR) is 26.0 cm³/mol. The number of aliphatic hydroxyl groups is 1. The first-order valence-corrected chi connectivity index (χ1v) is 1.56. The van der Waals surface area contributed by atoms with Crippen LogP contribution in [0.1, 0.15) is 0 Å². The summed E-state index contributed by atoms with van der Waals surface area (Å²) in [4.78, 5) is 0. The van der Waals surface area contributed by atoms with Gasteiger partial charge in [-0.2, -0.15) is 0 Å². The van der Waals surface area contributed by atoms with Crippen molar-refractivity contribution in [3.63, 3.8) is 0 Å². The Hall–Kier alpha value is -0.520. The van der Waals surface area contributed by atoms with Crippen LogP contribution >= 0.6 is 0 Å². The van der Waals surface area contributed by atoms with Gasteiger partial charge in [0.25, 0.3) is 0 Å². The van der Waals surface area contributed by atoms with Gasteiger partial charge in [0.1, 0.15) is 0 Å². The molecule has 0 saturated carbocycles. The highest BCUT2D eigenvalue weighted by Gasteiger charge is 1.56. The van der Waals surface area contributed by atoms with E-state index in [2.05, 4.69) is 12.8 Å². The van der Waals surface area contributed by atoms with Crippen LogP contribution < -0.4 is 5.73 Å². The number of aliphatic hydroxyl groups excluding tert-OH is 1. The van der Waals surface area contributed by atoms with Crippen molar-refractivity contribution in [3.05, 3.63) is 0 Å². The van der Waals surface area contributed by atoms with Gasteiger partial charge in [-0.05, 0) is 0 Å². The molecule has 0 aromatic carbocycles. The third-order valence-electron chi connectivity index (χ3n) is 0.129. The molecule has 0 aromatic heterocycles. The van der Waals surface area contributed by atoms with Crippen molar-refractivity contribution in [2.24, 2.45) is 5.73 Å². The molecule has 0 aliphatic carbocycles. The molecule has 0 bridgehead atoms. The zero-order chi connectivity index (χ0) is 5.41. The van der Waals surface area contributed by atoms with Gasteiger partial charge in [0.05, 0.1) is 6.61 Å². The minimum absolute atomic E-state index is 0.0972. The third kappa shape index (κ3) is 92.9. The molecule has 0 aromatic rings. The van der Waals surface area contributed by atoms with E-state index in [9.17, 15) is 0 Å². The molecule has 0 rings (SSSR count). The van der Waals surface area contributed by atoms with Gasteiger partial charge in [-0.1, -0.05) is 0 Å². The van der Waals surface area contributed by atoms with Crippen molar-refractivity contribution in [1.29, 1.82) is 0 Å². The first-order chi connectivity index (χ1) is 2.91. The van der Waals surface area contributed by atoms with Gasteiger partial charge >= 0.3 is 0 Å². The molecule has 2 heteroatoms. The van der Waals surface area contributed by atoms with Gasteiger partial charge in [0.15, 0.2) is 0 Å². The van der Waals surface area contributed by atoms with Crippen molar-refractivity contribution in [1.82, 2.24) is 0 Å². The lowest BCUT2D eigenvalue weighted by Crippen LogP contribution is -2.02. The third-order valence-corrected chi connectivity index (χ3v) is 0.129. The van der Waals surface area contributed by atoms with Crippen LogP contribution in [0.4, 0.5) is 0 Å². The molecule has 6 heavy (non-hydrogen) atoms. The van der Waals surface area contributed by atoms with Crippen LogP contribution in [-0.2, 0) is 0 Å². The van der Waals surface area contributed by atoms with Crippen LogP contribution in [0.2, 0.25) is 0 Å². The molecule has 0 heterocycles. The van der Waals surface area contributed by atoms with E-state index in [4.69, 9.17) is 10.8 Å². The molecule has 0 radical (unpaired) electrons. The summed E-state index contributed by atoms with van der Waals surface area (Å²) >= 11 is 0. The van der Waals surface area contributed by atoms with Crippen LogP contribution in [0, 0.1) is 12.8 Å². The maximum atomic E-state index is 7.75. The van der Waals surface area contributed by atoms with Crippen LogP contribution in [0.3, 0.4) is 0 Å². The normalized spacial score (nSPS) is 5.33. The number of nitrogens with two attached hydrogens (primary N) is 1. The molecule has 3 N–H and O–H groups in total. The highest BCUT2D eigenvalue weighted by Crippen LogP contribution is 1.33. The Morgan fingerprint density at radius 1 is 1.50 bits per heavy atom. The molecule has 0 fully saturated rings. The van der Waals surface area contributed by atoms with E-state index in [0.717, 1.165) is 0 Å². The number of terminal acetylenes is 1. The van der Waals surface area contributed by atoms with Crippen molar-refractivity contribution < 1.29 is 5.11 Å². The molecule has 0 saturated heterocycles. The van der Waals surface area contributed by atoms with E-state index in [1.54, 1.807) is 0 Å². The lowest BCUT2D eigenvalue weighted by Gasteiger charge is -1.71. The quantitative estimate of drug-likeness (QED) is 0.411. The molecular weight excluding hydrogens is 78.0 g/mol. The highest BCUT2D eigenvalue weighted by atomic mass is 16.3. The fourth-order valence-electron chi connectivity index (χ4n) is 0. The Bertz CT molecular complexity index is 24.0. The van der Waals surface area contributed by atoms with Crippen molar-refractivity contribution in [2.75, 3.05) is 13.2 Å². The Balaban J connectivity index is 0. The summed E-state index contributed by atoms with van der Waals surface area (Å²) in [7, 11) is 0. The second-order valence-corrected chi connectivity index (χ2v) is 0.512. The fraction of sp³-hybridized carbons (Fsp3) is 0.500. The molecular formula is C4H9NO. The molecule has 0 spiro atoms. The van der Waals surface area contributed by atoms with Crippen molar-refractivity contribution in [2.45, 2.75) is 0 Å². The SMILES string of the molecule is C#C.NCCO. The Kier molecular flexibility index (Phi) is 37.5. The smallest absolute Gasteiger partial charge is 0.0553 e. The summed E-state index contributed by atoms with van der Waals surface area (Å²) in [5.41, 5.74) is 4.78. The predicted octanol–water partition coefficient (Wildman–Crippen LogP) is -0.813. The maximum absolute atomic E-state index is 7.75. The lowest BCUT2D eigenvalue weighted by atomic mass is 10.8. The van der Waals surface area contributed by atoms with E-state index in [-0.39, 0.29) is 6.61 Å². The fourth-order valence-corrected chi connectivity index (χ4v) is 0. The van der Waals surface area contributed by atoms with E-state index in [0.29, 0.717) is 6.54 Å². The molecule has 0 atom stereocenters. The molecule has 36 valence electrons. The summed E-state index contributed by atoms with van der Waals surface area (Å²) in [6.45, 7) is 0.472. The van der Waals surface area contributed by atoms with Gasteiger partial charge in [0.2, 0.25) is 0 Å². The zero-order valence-corrected chi connectivity index (χ0v) is 3.59. The molecule has 0 aliphatic rings. The molecule has 0 amide bonds. The van der Waals surface area contributed by atoms with Crippen molar-refractivity contribution in [3.8, 4) is 12.8 Å². The van der Waals surface area contributed by atoms with Gasteiger partial charge in [-0.25, -0.2) is 0 Å². The van der Waals surface area contributed by atoms with E-state index in [1.165, 1.54) is 0 Å². The van der Waals surface area contributed by atoms with E-state index >= 15 is 0 Å². The summed E-state index contributed by atoms with van der Waals surface area (Å²) in [5, 5.41) is 7.75. The first-order valence-electron chi connectivity index (χ1n) is 1.56. The van der Waals surface area contributed by atoms with Gasteiger partial charge in [0, 0.05) is 6.54 Å². The van der Waals surface area contributed by atoms with Gasteiger partial charge < -0.3 is 10.8 Å². The minimum Gasteiger partial charge on any atom is -0.395 e. The van der Waals surface area contributed by atoms with E-state index < -0.39 is 0 Å². The number of hydrogen-bond acceptors (Lipinski definition) is 2. The van der Waals surface area contributed by atoms with Crippen molar-refractivity contribution >= 4 is 0 Å². The zero-order valence-electron chi connectivity index (χ0n) is 3.59. The van der Waals surface area contributed by atoms with Gasteiger partial charge in [-0.3, -0.25) is 0 Å². The van der Waals surface area contributed by atoms with Crippen LogP contribution in [0.5, 0.6) is 0 Å². The standard InChI is InChI=1S/C2H7NO.C2H2/c3-1-2-4;1-2/h4H,1-3H2;1-2H. The summed E-state index contributed by atoms with van der Waals surface area (Å²) in [5.74, 6) is 0. The van der Waals surface area contributed by atoms with Crippen LogP contribution in [0.15, 0.2) is 0 Å². The summed E-state index contributed by atoms with van der Waals surface area (Å²) in [6.07, 6.45) is 8.00. The Morgan fingerprint density at radius 3 is 1.67 bits per heavy atom. The molecule has 0 aliphatic heterocycles. The topological polar surface area (TPSA) is 46.2 Å². The largest absolute Gasteiger partial charge is 0.395 e. The second kappa shape index (κ2) is 24.8. The lowest BCUT2D eigenvalue weighted by molar-refractivity contribution is 0.306. The molecule has 2 nitrogen and oxygen atoms in total. The van der Waals surface area contributed by atoms with E-state index in [1.807, 2.05) is 0 Å². The van der Waals surface area contributed by atoms with Crippen LogP contribution in [-0.4, -0.2) is 18.3 Å². The molecule has 0 unspecified atom stereocenters. The van der Waals surface area contributed by atoms with Gasteiger partial charge in [-0.15, -0.1) is 12.8 Å². The average molecular weight is 87.1 g/mol. The minimum atomic E-state index is 0.0972. The Morgan fingerprint density at radius 2 is 1.67 bits per heavy atom. The monoisotopic (exact) mass is 87.1 g/mol. The average Bonchev–Trinajstić information content (AvgIpc) is 1.72. The first kappa shape index (κ1) is 9.08. The summed E-state index contributed by atoms with van der Waals surface area (Å²) in [6, 6.07) is 0. The van der Waals surface area contributed by atoms with Crippen LogP contribution in [0.25, 0.3) is 0 Å². The number of rotatable bonds is 1. The second-order valence-electron chi connectivity index (χ2n) is 0.512. The maximum Gasteiger partial charge on any atom is 0.0553 e. The number of hydrogen-bond donors (Lipinski definition) is 2. The summed E-state index contributed by atoms with van der Waals surface area (Å²) < 4.78 is 0.